The summed E-state index contributed by atoms with van der Waals surface area (Å²) in [6.07, 6.45) is -0.0110. The molecule has 18 heavy (non-hydrogen) atoms. The predicted octanol–water partition coefficient (Wildman–Crippen LogP) is 1.71. The number of aldehydes is 1. The number of alkyl halides is 2. The minimum atomic E-state index is -3.38. The molecule has 0 atom stereocenters. The summed E-state index contributed by atoms with van der Waals surface area (Å²) in [5, 5.41) is 19.3. The van der Waals surface area contributed by atoms with Crippen LogP contribution in [0.3, 0.4) is 0 Å². The van der Waals surface area contributed by atoms with Gasteiger partial charge in [-0.15, -0.1) is 0 Å². The number of carboxylic acids is 1. The molecule has 1 N–H and O–H groups in total. The van der Waals surface area contributed by atoms with Gasteiger partial charge < -0.3 is 9.84 Å². The number of aromatic carboxylic acids is 1. The number of benzene rings is 1. The highest BCUT2D eigenvalue weighted by Crippen LogP contribution is 2.32. The molecule has 0 radical (unpaired) electrons. The first-order valence-corrected chi connectivity index (χ1v) is 4.32. The molecule has 0 spiro atoms. The van der Waals surface area contributed by atoms with Crippen molar-refractivity contribution in [2.24, 2.45) is 0 Å². The zero-order chi connectivity index (χ0) is 13.9. The average molecular weight is 261 g/mol. The molecule has 0 fully saturated rings. The van der Waals surface area contributed by atoms with Gasteiger partial charge in [-0.3, -0.25) is 14.9 Å². The number of hydrogen-bond donors (Lipinski definition) is 1. The number of ether oxygens (including phenoxy) is 1. The summed E-state index contributed by atoms with van der Waals surface area (Å²) in [4.78, 5) is 30.8. The zero-order valence-corrected chi connectivity index (χ0v) is 8.50. The minimum Gasteiger partial charge on any atom is -0.478 e. The van der Waals surface area contributed by atoms with Crippen LogP contribution in [0, 0.1) is 10.1 Å². The number of nitrogens with zero attached hydrogens (tertiary/aromatic N) is 1. The van der Waals surface area contributed by atoms with Gasteiger partial charge in [0.25, 0.3) is 0 Å². The summed E-state index contributed by atoms with van der Waals surface area (Å²) in [6.45, 7) is -3.38. The smallest absolute Gasteiger partial charge is 0.387 e. The molecule has 96 valence electrons. The summed E-state index contributed by atoms with van der Waals surface area (Å²) in [5.74, 6) is -2.51. The fraction of sp³-hybridized carbons (Fsp3) is 0.111. The average Bonchev–Trinajstić information content (AvgIpc) is 2.26. The fourth-order valence-corrected chi connectivity index (χ4v) is 1.22. The van der Waals surface area contributed by atoms with Crippen LogP contribution >= 0.6 is 0 Å². The molecular weight excluding hydrogens is 256 g/mol. The Morgan fingerprint density at radius 1 is 1.50 bits per heavy atom. The van der Waals surface area contributed by atoms with Gasteiger partial charge in [-0.2, -0.15) is 8.78 Å². The molecule has 0 saturated heterocycles. The maximum Gasteiger partial charge on any atom is 0.387 e. The van der Waals surface area contributed by atoms with E-state index in [2.05, 4.69) is 4.74 Å². The SMILES string of the molecule is O=Cc1cc(C(=O)O)cc(OC(F)F)c1[N+](=O)[O-]. The van der Waals surface area contributed by atoms with Gasteiger partial charge >= 0.3 is 18.3 Å². The van der Waals surface area contributed by atoms with E-state index >= 15 is 0 Å². The molecule has 0 unspecified atom stereocenters. The van der Waals surface area contributed by atoms with Crippen LogP contribution in [0.1, 0.15) is 20.7 Å². The molecule has 1 rings (SSSR count). The van der Waals surface area contributed by atoms with Crippen LogP contribution < -0.4 is 4.74 Å². The summed E-state index contributed by atoms with van der Waals surface area (Å²) in [6, 6.07) is 1.26. The Morgan fingerprint density at radius 2 is 2.11 bits per heavy atom. The molecule has 0 amide bonds. The maximum atomic E-state index is 12.1. The van der Waals surface area contributed by atoms with E-state index in [1.54, 1.807) is 0 Å². The lowest BCUT2D eigenvalue weighted by molar-refractivity contribution is -0.386. The Kier molecular flexibility index (Phi) is 3.87. The topological polar surface area (TPSA) is 107 Å². The number of nitro benzene ring substituents is 1. The molecule has 7 nitrogen and oxygen atoms in total. The Morgan fingerprint density at radius 3 is 2.50 bits per heavy atom. The van der Waals surface area contributed by atoms with Crippen molar-refractivity contribution in [3.63, 3.8) is 0 Å². The van der Waals surface area contributed by atoms with E-state index in [-0.39, 0.29) is 6.29 Å². The predicted molar refractivity (Wildman–Crippen MR) is 52.1 cm³/mol. The van der Waals surface area contributed by atoms with Gasteiger partial charge in [0, 0.05) is 6.07 Å². The van der Waals surface area contributed by atoms with E-state index in [0.717, 1.165) is 0 Å². The van der Waals surface area contributed by atoms with Gasteiger partial charge in [0.15, 0.2) is 6.29 Å². The van der Waals surface area contributed by atoms with E-state index in [4.69, 9.17) is 5.11 Å². The summed E-state index contributed by atoms with van der Waals surface area (Å²) < 4.78 is 27.9. The molecule has 1 aromatic carbocycles. The molecule has 1 aromatic rings. The van der Waals surface area contributed by atoms with Gasteiger partial charge in [-0.1, -0.05) is 0 Å². The van der Waals surface area contributed by atoms with Gasteiger partial charge in [0.1, 0.15) is 0 Å². The molecule has 0 bridgehead atoms. The first kappa shape index (κ1) is 13.5. The number of halogens is 2. The third-order valence-electron chi connectivity index (χ3n) is 1.88. The van der Waals surface area contributed by atoms with Gasteiger partial charge in [0.2, 0.25) is 5.75 Å². The van der Waals surface area contributed by atoms with E-state index in [1.807, 2.05) is 0 Å². The molecule has 0 aliphatic rings. The normalized spacial score (nSPS) is 10.2. The van der Waals surface area contributed by atoms with E-state index in [0.29, 0.717) is 12.1 Å². The number of carbonyl (C=O) groups is 2. The summed E-state index contributed by atoms with van der Waals surface area (Å²) in [7, 11) is 0. The summed E-state index contributed by atoms with van der Waals surface area (Å²) in [5.41, 5.74) is -2.23. The first-order valence-electron chi connectivity index (χ1n) is 4.32. The third kappa shape index (κ3) is 2.75. The second-order valence-electron chi connectivity index (χ2n) is 2.97. The number of rotatable bonds is 5. The van der Waals surface area contributed by atoms with Crippen molar-refractivity contribution in [1.82, 2.24) is 0 Å². The second-order valence-corrected chi connectivity index (χ2v) is 2.97. The van der Waals surface area contributed by atoms with E-state index in [1.165, 1.54) is 0 Å². The fourth-order valence-electron chi connectivity index (χ4n) is 1.22. The van der Waals surface area contributed by atoms with Crippen molar-refractivity contribution in [2.75, 3.05) is 0 Å². The number of nitro groups is 1. The largest absolute Gasteiger partial charge is 0.478 e. The van der Waals surface area contributed by atoms with E-state index in [9.17, 15) is 28.5 Å². The van der Waals surface area contributed by atoms with Gasteiger partial charge in [0.05, 0.1) is 16.1 Å². The molecule has 0 aliphatic carbocycles. The monoisotopic (exact) mass is 261 g/mol. The molecule has 9 heteroatoms. The molecule has 0 heterocycles. The molecular formula is C9H5F2NO6. The van der Waals surface area contributed by atoms with Crippen molar-refractivity contribution in [2.45, 2.75) is 6.61 Å². The Balaban J connectivity index is 3.50. The lowest BCUT2D eigenvalue weighted by atomic mass is 10.1. The molecule has 0 aromatic heterocycles. The quantitative estimate of drug-likeness (QED) is 0.491. The molecule has 0 saturated carbocycles. The van der Waals surface area contributed by atoms with Gasteiger partial charge in [-0.05, 0) is 6.07 Å². The number of carboxylic acid groups (broad SMARTS) is 1. The summed E-state index contributed by atoms with van der Waals surface area (Å²) >= 11 is 0. The highest BCUT2D eigenvalue weighted by atomic mass is 19.3. The number of carbonyl (C=O) groups excluding carboxylic acids is 1. The van der Waals surface area contributed by atoms with Crippen LogP contribution in [-0.2, 0) is 0 Å². The van der Waals surface area contributed by atoms with Crippen molar-refractivity contribution in [3.05, 3.63) is 33.4 Å². The Labute approximate surface area is 97.7 Å². The highest BCUT2D eigenvalue weighted by molar-refractivity contribution is 5.93. The van der Waals surface area contributed by atoms with Crippen molar-refractivity contribution in [3.8, 4) is 5.75 Å². The van der Waals surface area contributed by atoms with Gasteiger partial charge in [-0.25, -0.2) is 4.79 Å². The van der Waals surface area contributed by atoms with Crippen LogP contribution in [0.25, 0.3) is 0 Å². The maximum absolute atomic E-state index is 12.1. The lowest BCUT2D eigenvalue weighted by Crippen LogP contribution is -2.08. The molecule has 0 aliphatic heterocycles. The van der Waals surface area contributed by atoms with Crippen LogP contribution in [0.4, 0.5) is 14.5 Å². The second kappa shape index (κ2) is 5.17. The standard InChI is InChI=1S/C9H5F2NO6/c10-9(11)18-6-2-4(8(14)15)1-5(3-13)7(6)12(16)17/h1-3,9H,(H,14,15). The minimum absolute atomic E-state index is 0.0110. The first-order chi connectivity index (χ1) is 8.36. The van der Waals surface area contributed by atoms with Crippen LogP contribution in [0.2, 0.25) is 0 Å². The highest BCUT2D eigenvalue weighted by Gasteiger charge is 2.26. The Hall–Kier alpha value is -2.58. The van der Waals surface area contributed by atoms with Crippen molar-refractivity contribution < 1.29 is 33.1 Å². The lowest BCUT2D eigenvalue weighted by Gasteiger charge is -2.07. The van der Waals surface area contributed by atoms with Crippen LogP contribution in [-0.4, -0.2) is 28.9 Å². The zero-order valence-electron chi connectivity index (χ0n) is 8.50. The van der Waals surface area contributed by atoms with E-state index < -0.39 is 40.1 Å². The third-order valence-corrected chi connectivity index (χ3v) is 1.88. The number of hydrogen-bond acceptors (Lipinski definition) is 5. The van der Waals surface area contributed by atoms with Crippen molar-refractivity contribution in [1.29, 1.82) is 0 Å². The Bertz CT molecular complexity index is 516. The van der Waals surface area contributed by atoms with Crippen molar-refractivity contribution >= 4 is 17.9 Å². The van der Waals surface area contributed by atoms with Crippen LogP contribution in [0.5, 0.6) is 5.75 Å². The van der Waals surface area contributed by atoms with Crippen LogP contribution in [0.15, 0.2) is 12.1 Å².